The SMILES string of the molecule is COC1CC(CC(=O)O)N(C(=O)COc2ccc(C)c(C)c2)C1. The number of amides is 1. The molecule has 6 nitrogen and oxygen atoms in total. The number of methoxy groups -OCH3 is 1. The summed E-state index contributed by atoms with van der Waals surface area (Å²) in [5.41, 5.74) is 2.26. The molecule has 23 heavy (non-hydrogen) atoms. The number of carboxylic acids is 1. The molecule has 1 N–H and O–H groups in total. The van der Waals surface area contributed by atoms with Crippen LogP contribution in [-0.4, -0.2) is 54.3 Å². The molecule has 0 spiro atoms. The molecule has 0 aromatic heterocycles. The van der Waals surface area contributed by atoms with Gasteiger partial charge in [0.1, 0.15) is 5.75 Å². The number of rotatable bonds is 6. The highest BCUT2D eigenvalue weighted by atomic mass is 16.5. The number of carbonyl (C=O) groups excluding carboxylic acids is 1. The van der Waals surface area contributed by atoms with Crippen molar-refractivity contribution in [1.82, 2.24) is 4.90 Å². The average Bonchev–Trinajstić information content (AvgIpc) is 2.90. The van der Waals surface area contributed by atoms with Crippen LogP contribution in [0.2, 0.25) is 0 Å². The van der Waals surface area contributed by atoms with Crippen molar-refractivity contribution in [2.75, 3.05) is 20.3 Å². The first-order valence-electron chi connectivity index (χ1n) is 7.64. The lowest BCUT2D eigenvalue weighted by atomic mass is 10.1. The maximum absolute atomic E-state index is 12.4. The summed E-state index contributed by atoms with van der Waals surface area (Å²) in [5.74, 6) is -0.493. The Morgan fingerprint density at radius 3 is 2.65 bits per heavy atom. The molecular weight excluding hydrogens is 298 g/mol. The molecular formula is C17H23NO5. The van der Waals surface area contributed by atoms with Crippen molar-refractivity contribution >= 4 is 11.9 Å². The molecule has 6 heteroatoms. The van der Waals surface area contributed by atoms with Crippen LogP contribution in [0.4, 0.5) is 0 Å². The first-order valence-corrected chi connectivity index (χ1v) is 7.64. The largest absolute Gasteiger partial charge is 0.484 e. The topological polar surface area (TPSA) is 76.1 Å². The summed E-state index contributed by atoms with van der Waals surface area (Å²) in [6.07, 6.45) is 0.345. The van der Waals surface area contributed by atoms with E-state index < -0.39 is 5.97 Å². The molecule has 2 atom stereocenters. The molecule has 1 amide bonds. The minimum absolute atomic E-state index is 0.0742. The van der Waals surface area contributed by atoms with E-state index in [4.69, 9.17) is 14.6 Å². The quantitative estimate of drug-likeness (QED) is 0.864. The standard InChI is InChI=1S/C17H23NO5/c1-11-4-5-14(6-12(11)2)23-10-16(19)18-9-15(22-3)7-13(18)8-17(20)21/h4-6,13,15H,7-10H2,1-3H3,(H,20,21). The number of benzene rings is 1. The Hall–Kier alpha value is -2.08. The van der Waals surface area contributed by atoms with E-state index in [2.05, 4.69) is 0 Å². The second-order valence-electron chi connectivity index (χ2n) is 5.93. The summed E-state index contributed by atoms with van der Waals surface area (Å²) < 4.78 is 10.8. The van der Waals surface area contributed by atoms with Crippen molar-refractivity contribution in [3.63, 3.8) is 0 Å². The zero-order valence-electron chi connectivity index (χ0n) is 13.7. The lowest BCUT2D eigenvalue weighted by Crippen LogP contribution is -2.40. The number of likely N-dealkylation sites (tertiary alicyclic amines) is 1. The number of hydrogen-bond donors (Lipinski definition) is 1. The predicted octanol–water partition coefficient (Wildman–Crippen LogP) is 1.77. The highest BCUT2D eigenvalue weighted by Crippen LogP contribution is 2.23. The second kappa shape index (κ2) is 7.46. The second-order valence-corrected chi connectivity index (χ2v) is 5.93. The van der Waals surface area contributed by atoms with E-state index in [1.807, 2.05) is 32.0 Å². The molecule has 0 radical (unpaired) electrons. The molecule has 1 heterocycles. The third-order valence-electron chi connectivity index (χ3n) is 4.28. The van der Waals surface area contributed by atoms with Crippen LogP contribution in [0.15, 0.2) is 18.2 Å². The van der Waals surface area contributed by atoms with Gasteiger partial charge >= 0.3 is 5.97 Å². The molecule has 2 unspecified atom stereocenters. The molecule has 0 aliphatic carbocycles. The van der Waals surface area contributed by atoms with Gasteiger partial charge in [-0.3, -0.25) is 9.59 Å². The highest BCUT2D eigenvalue weighted by molar-refractivity contribution is 5.79. The third kappa shape index (κ3) is 4.45. The van der Waals surface area contributed by atoms with Crippen molar-refractivity contribution in [2.45, 2.75) is 38.8 Å². The Balaban J connectivity index is 1.97. The van der Waals surface area contributed by atoms with Crippen molar-refractivity contribution in [3.8, 4) is 5.75 Å². The van der Waals surface area contributed by atoms with Gasteiger partial charge in [0.25, 0.3) is 5.91 Å². The maximum Gasteiger partial charge on any atom is 0.305 e. The van der Waals surface area contributed by atoms with Crippen LogP contribution in [0.1, 0.15) is 24.0 Å². The minimum atomic E-state index is -0.917. The van der Waals surface area contributed by atoms with Gasteiger partial charge in [-0.1, -0.05) is 6.07 Å². The van der Waals surface area contributed by atoms with Crippen LogP contribution in [0.3, 0.4) is 0 Å². The molecule has 1 aromatic rings. The van der Waals surface area contributed by atoms with Crippen molar-refractivity contribution in [3.05, 3.63) is 29.3 Å². The first kappa shape index (κ1) is 17.3. The number of aryl methyl sites for hydroxylation is 2. The fourth-order valence-electron chi connectivity index (χ4n) is 2.78. The zero-order valence-corrected chi connectivity index (χ0v) is 13.7. The number of aliphatic carboxylic acids is 1. The summed E-state index contributed by atoms with van der Waals surface area (Å²) in [7, 11) is 1.57. The Bertz CT molecular complexity index is 586. The Kier molecular flexibility index (Phi) is 5.60. The van der Waals surface area contributed by atoms with Gasteiger partial charge in [-0.2, -0.15) is 0 Å². The first-order chi connectivity index (χ1) is 10.9. The Labute approximate surface area is 136 Å². The van der Waals surface area contributed by atoms with Crippen LogP contribution >= 0.6 is 0 Å². The molecule has 1 aliphatic heterocycles. The molecule has 1 fully saturated rings. The monoisotopic (exact) mass is 321 g/mol. The van der Waals surface area contributed by atoms with E-state index in [9.17, 15) is 9.59 Å². The highest BCUT2D eigenvalue weighted by Gasteiger charge is 2.36. The van der Waals surface area contributed by atoms with Gasteiger partial charge in [0, 0.05) is 19.7 Å². The number of ether oxygens (including phenoxy) is 2. The minimum Gasteiger partial charge on any atom is -0.484 e. The van der Waals surface area contributed by atoms with Gasteiger partial charge in [-0.15, -0.1) is 0 Å². The van der Waals surface area contributed by atoms with Crippen LogP contribution < -0.4 is 4.74 Å². The van der Waals surface area contributed by atoms with Crippen LogP contribution in [0.5, 0.6) is 5.75 Å². The maximum atomic E-state index is 12.4. The molecule has 1 aliphatic rings. The van der Waals surface area contributed by atoms with Gasteiger partial charge in [-0.05, 0) is 43.5 Å². The van der Waals surface area contributed by atoms with E-state index in [0.29, 0.717) is 18.7 Å². The summed E-state index contributed by atoms with van der Waals surface area (Å²) in [6, 6.07) is 5.32. The molecule has 1 aromatic carbocycles. The van der Waals surface area contributed by atoms with E-state index in [0.717, 1.165) is 11.1 Å². The lowest BCUT2D eigenvalue weighted by molar-refractivity contribution is -0.140. The fraction of sp³-hybridized carbons (Fsp3) is 0.529. The predicted molar refractivity (Wildman–Crippen MR) is 84.6 cm³/mol. The summed E-state index contributed by atoms with van der Waals surface area (Å²) in [5, 5.41) is 8.99. The smallest absolute Gasteiger partial charge is 0.305 e. The lowest BCUT2D eigenvalue weighted by Gasteiger charge is -2.23. The number of hydrogen-bond acceptors (Lipinski definition) is 4. The van der Waals surface area contributed by atoms with Crippen molar-refractivity contribution in [2.24, 2.45) is 0 Å². The Morgan fingerprint density at radius 1 is 1.30 bits per heavy atom. The third-order valence-corrected chi connectivity index (χ3v) is 4.28. The van der Waals surface area contributed by atoms with Crippen LogP contribution in [-0.2, 0) is 14.3 Å². The van der Waals surface area contributed by atoms with Gasteiger partial charge in [0.2, 0.25) is 0 Å². The number of carbonyl (C=O) groups is 2. The molecule has 1 saturated heterocycles. The van der Waals surface area contributed by atoms with Crippen molar-refractivity contribution in [1.29, 1.82) is 0 Å². The fourth-order valence-corrected chi connectivity index (χ4v) is 2.78. The van der Waals surface area contributed by atoms with Crippen LogP contribution in [0, 0.1) is 13.8 Å². The molecule has 126 valence electrons. The Morgan fingerprint density at radius 2 is 2.04 bits per heavy atom. The van der Waals surface area contributed by atoms with E-state index in [-0.39, 0.29) is 31.1 Å². The van der Waals surface area contributed by atoms with Crippen LogP contribution in [0.25, 0.3) is 0 Å². The zero-order chi connectivity index (χ0) is 17.0. The summed E-state index contributed by atoms with van der Waals surface area (Å²) in [6.45, 7) is 4.30. The number of nitrogens with zero attached hydrogens (tertiary/aromatic N) is 1. The number of carboxylic acid groups (broad SMARTS) is 1. The molecule has 0 bridgehead atoms. The average molecular weight is 321 g/mol. The van der Waals surface area contributed by atoms with Gasteiger partial charge in [0.05, 0.1) is 12.5 Å². The van der Waals surface area contributed by atoms with E-state index >= 15 is 0 Å². The van der Waals surface area contributed by atoms with E-state index in [1.165, 1.54) is 0 Å². The molecule has 2 rings (SSSR count). The van der Waals surface area contributed by atoms with Gasteiger partial charge in [-0.25, -0.2) is 0 Å². The normalized spacial score (nSPS) is 20.6. The van der Waals surface area contributed by atoms with E-state index in [1.54, 1.807) is 12.0 Å². The summed E-state index contributed by atoms with van der Waals surface area (Å²) in [4.78, 5) is 24.9. The van der Waals surface area contributed by atoms with Gasteiger partial charge < -0.3 is 19.5 Å². The summed E-state index contributed by atoms with van der Waals surface area (Å²) >= 11 is 0. The van der Waals surface area contributed by atoms with Crippen molar-refractivity contribution < 1.29 is 24.2 Å². The van der Waals surface area contributed by atoms with Gasteiger partial charge in [0.15, 0.2) is 6.61 Å². The molecule has 0 saturated carbocycles.